The van der Waals surface area contributed by atoms with Gasteiger partial charge in [0.1, 0.15) is 5.75 Å². The summed E-state index contributed by atoms with van der Waals surface area (Å²) in [5.74, 6) is 0.845. The topological polar surface area (TPSA) is 56.2 Å². The van der Waals surface area contributed by atoms with Crippen LogP contribution in [0.5, 0.6) is 5.75 Å². The molecule has 1 amide bonds. The average Bonchev–Trinajstić information content (AvgIpc) is 2.73. The second kappa shape index (κ2) is 7.51. The lowest BCUT2D eigenvalue weighted by atomic mass is 10.1. The Balaban J connectivity index is 1.98. The van der Waals surface area contributed by atoms with Gasteiger partial charge in [-0.25, -0.2) is 0 Å². The van der Waals surface area contributed by atoms with Gasteiger partial charge in [0.2, 0.25) is 5.91 Å². The van der Waals surface area contributed by atoms with Gasteiger partial charge in [-0.15, -0.1) is 0 Å². The highest BCUT2D eigenvalue weighted by atomic mass is 16.5. The summed E-state index contributed by atoms with van der Waals surface area (Å²) in [5, 5.41) is 7.41. The van der Waals surface area contributed by atoms with Crippen molar-refractivity contribution in [2.75, 3.05) is 0 Å². The number of benzene rings is 1. The zero-order chi connectivity index (χ0) is 17.9. The van der Waals surface area contributed by atoms with Crippen LogP contribution in [0.3, 0.4) is 0 Å². The Morgan fingerprint density at radius 1 is 1.21 bits per heavy atom. The van der Waals surface area contributed by atoms with E-state index in [1.165, 1.54) is 0 Å². The van der Waals surface area contributed by atoms with Gasteiger partial charge in [-0.2, -0.15) is 5.10 Å². The molecule has 24 heavy (non-hydrogen) atoms. The lowest BCUT2D eigenvalue weighted by Crippen LogP contribution is -2.28. The minimum atomic E-state index is -0.0529. The summed E-state index contributed by atoms with van der Waals surface area (Å²) < 4.78 is 7.46. The highest BCUT2D eigenvalue weighted by Crippen LogP contribution is 2.19. The quantitative estimate of drug-likeness (QED) is 0.885. The van der Waals surface area contributed by atoms with Crippen LogP contribution in [-0.4, -0.2) is 21.8 Å². The first-order chi connectivity index (χ1) is 11.3. The van der Waals surface area contributed by atoms with Crippen LogP contribution in [0.4, 0.5) is 0 Å². The highest BCUT2D eigenvalue weighted by Gasteiger charge is 2.15. The fraction of sp³-hybridized carbons (Fsp3) is 0.474. The largest absolute Gasteiger partial charge is 0.491 e. The molecular formula is C19H27N3O2. The predicted molar refractivity (Wildman–Crippen MR) is 95.1 cm³/mol. The Labute approximate surface area is 144 Å². The maximum atomic E-state index is 12.3. The number of ether oxygens (including phenoxy) is 1. The third-order valence-corrected chi connectivity index (χ3v) is 4.13. The van der Waals surface area contributed by atoms with Gasteiger partial charge in [0.25, 0.3) is 0 Å². The maximum Gasteiger partial charge on any atom is 0.225 e. The van der Waals surface area contributed by atoms with Gasteiger partial charge in [-0.3, -0.25) is 9.48 Å². The van der Waals surface area contributed by atoms with E-state index in [9.17, 15) is 4.79 Å². The molecule has 0 spiro atoms. The van der Waals surface area contributed by atoms with Crippen molar-refractivity contribution in [2.45, 2.75) is 53.2 Å². The molecule has 0 aliphatic carbocycles. The molecule has 2 aromatic rings. The fourth-order valence-electron chi connectivity index (χ4n) is 2.72. The minimum Gasteiger partial charge on any atom is -0.491 e. The Kier molecular flexibility index (Phi) is 5.65. The minimum absolute atomic E-state index is 0.00390. The monoisotopic (exact) mass is 329 g/mol. The smallest absolute Gasteiger partial charge is 0.225 e. The van der Waals surface area contributed by atoms with E-state index in [1.54, 1.807) is 0 Å². The SMILES string of the molecule is Cc1nn(C)c(C)c1CC(=O)NC(C)c1ccc(OC(C)C)cc1. The molecule has 0 saturated carbocycles. The molecule has 130 valence electrons. The number of amides is 1. The van der Waals surface area contributed by atoms with Gasteiger partial charge in [-0.05, 0) is 52.3 Å². The Bertz CT molecular complexity index is 702. The summed E-state index contributed by atoms with van der Waals surface area (Å²) in [6.45, 7) is 9.91. The molecule has 5 heteroatoms. The van der Waals surface area contributed by atoms with Crippen LogP contribution in [-0.2, 0) is 18.3 Å². The van der Waals surface area contributed by atoms with Crippen LogP contribution >= 0.6 is 0 Å². The number of hydrogen-bond acceptors (Lipinski definition) is 3. The Morgan fingerprint density at radius 3 is 2.33 bits per heavy atom. The van der Waals surface area contributed by atoms with E-state index in [-0.39, 0.29) is 18.1 Å². The molecule has 0 aliphatic heterocycles. The van der Waals surface area contributed by atoms with Crippen molar-refractivity contribution < 1.29 is 9.53 Å². The van der Waals surface area contributed by atoms with Crippen molar-refractivity contribution in [3.05, 3.63) is 46.8 Å². The molecule has 1 aromatic heterocycles. The summed E-state index contributed by atoms with van der Waals surface area (Å²) in [6, 6.07) is 7.80. The van der Waals surface area contributed by atoms with Crippen LogP contribution in [0, 0.1) is 13.8 Å². The van der Waals surface area contributed by atoms with Crippen molar-refractivity contribution in [1.29, 1.82) is 0 Å². The lowest BCUT2D eigenvalue weighted by Gasteiger charge is -2.16. The lowest BCUT2D eigenvalue weighted by molar-refractivity contribution is -0.121. The van der Waals surface area contributed by atoms with Crippen LogP contribution in [0.1, 0.15) is 49.3 Å². The number of aryl methyl sites for hydroxylation is 2. The van der Waals surface area contributed by atoms with E-state index in [2.05, 4.69) is 10.4 Å². The molecule has 1 aromatic carbocycles. The Morgan fingerprint density at radius 2 is 1.83 bits per heavy atom. The van der Waals surface area contributed by atoms with Gasteiger partial charge < -0.3 is 10.1 Å². The molecule has 0 saturated heterocycles. The molecule has 2 rings (SSSR count). The number of hydrogen-bond donors (Lipinski definition) is 1. The Hall–Kier alpha value is -2.30. The van der Waals surface area contributed by atoms with Crippen molar-refractivity contribution in [2.24, 2.45) is 7.05 Å². The third kappa shape index (κ3) is 4.37. The van der Waals surface area contributed by atoms with E-state index in [1.807, 2.05) is 70.6 Å². The number of nitrogens with zero attached hydrogens (tertiary/aromatic N) is 2. The molecule has 5 nitrogen and oxygen atoms in total. The van der Waals surface area contributed by atoms with Crippen LogP contribution in [0.25, 0.3) is 0 Å². The summed E-state index contributed by atoms with van der Waals surface area (Å²) >= 11 is 0. The van der Waals surface area contributed by atoms with Crippen molar-refractivity contribution in [1.82, 2.24) is 15.1 Å². The van der Waals surface area contributed by atoms with E-state index < -0.39 is 0 Å². The molecule has 1 heterocycles. The van der Waals surface area contributed by atoms with Crippen molar-refractivity contribution >= 4 is 5.91 Å². The van der Waals surface area contributed by atoms with Gasteiger partial charge in [0.15, 0.2) is 0 Å². The first-order valence-electron chi connectivity index (χ1n) is 8.33. The number of carbonyl (C=O) groups is 1. The summed E-state index contributed by atoms with van der Waals surface area (Å²) in [6.07, 6.45) is 0.503. The van der Waals surface area contributed by atoms with Crippen molar-refractivity contribution in [3.63, 3.8) is 0 Å². The fourth-order valence-corrected chi connectivity index (χ4v) is 2.72. The zero-order valence-corrected chi connectivity index (χ0v) is 15.4. The van der Waals surface area contributed by atoms with Gasteiger partial charge >= 0.3 is 0 Å². The average molecular weight is 329 g/mol. The number of carbonyl (C=O) groups excluding carboxylic acids is 1. The first-order valence-corrected chi connectivity index (χ1v) is 8.33. The second-order valence-electron chi connectivity index (χ2n) is 6.47. The zero-order valence-electron chi connectivity index (χ0n) is 15.4. The van der Waals surface area contributed by atoms with E-state index in [0.29, 0.717) is 6.42 Å². The van der Waals surface area contributed by atoms with E-state index in [4.69, 9.17) is 4.74 Å². The van der Waals surface area contributed by atoms with Crippen LogP contribution in [0.15, 0.2) is 24.3 Å². The molecule has 0 bridgehead atoms. The second-order valence-corrected chi connectivity index (χ2v) is 6.47. The van der Waals surface area contributed by atoms with Crippen molar-refractivity contribution in [3.8, 4) is 5.75 Å². The summed E-state index contributed by atoms with van der Waals surface area (Å²) in [5.41, 5.74) is 4.00. The standard InChI is InChI=1S/C19H27N3O2/c1-12(2)24-17-9-7-16(8-10-17)13(3)20-19(23)11-18-14(4)21-22(6)15(18)5/h7-10,12-13H,11H2,1-6H3,(H,20,23). The van der Waals surface area contributed by atoms with Gasteiger partial charge in [-0.1, -0.05) is 12.1 Å². The number of nitrogens with one attached hydrogen (secondary N) is 1. The van der Waals surface area contributed by atoms with Gasteiger partial charge in [0, 0.05) is 18.3 Å². The van der Waals surface area contributed by atoms with E-state index >= 15 is 0 Å². The summed E-state index contributed by atoms with van der Waals surface area (Å²) in [4.78, 5) is 12.3. The normalized spacial score (nSPS) is 12.3. The molecule has 1 unspecified atom stereocenters. The number of rotatable bonds is 6. The molecule has 0 aliphatic rings. The molecule has 1 atom stereocenters. The molecular weight excluding hydrogens is 302 g/mol. The molecule has 0 fully saturated rings. The third-order valence-electron chi connectivity index (χ3n) is 4.13. The number of aromatic nitrogens is 2. The van der Waals surface area contributed by atoms with Crippen LogP contribution in [0.2, 0.25) is 0 Å². The predicted octanol–water partition coefficient (Wildman–Crippen LogP) is 3.24. The van der Waals surface area contributed by atoms with Gasteiger partial charge in [0.05, 0.1) is 24.3 Å². The van der Waals surface area contributed by atoms with Crippen LogP contribution < -0.4 is 10.1 Å². The maximum absolute atomic E-state index is 12.3. The molecule has 0 radical (unpaired) electrons. The van der Waals surface area contributed by atoms with E-state index in [0.717, 1.165) is 28.3 Å². The highest BCUT2D eigenvalue weighted by molar-refractivity contribution is 5.79. The summed E-state index contributed by atoms with van der Waals surface area (Å²) in [7, 11) is 1.90. The molecule has 1 N–H and O–H groups in total. The first kappa shape index (κ1) is 18.0.